The molecule has 0 aliphatic rings. The highest BCUT2D eigenvalue weighted by Crippen LogP contribution is 2.28. The molecular formula is C19H21Cl2NO2. The van der Waals surface area contributed by atoms with E-state index in [0.29, 0.717) is 42.6 Å². The number of rotatable bonds is 8. The van der Waals surface area contributed by atoms with E-state index in [4.69, 9.17) is 27.9 Å². The molecule has 0 radical (unpaired) electrons. The summed E-state index contributed by atoms with van der Waals surface area (Å²) >= 11 is 12.5. The Morgan fingerprint density at radius 3 is 2.38 bits per heavy atom. The smallest absolute Gasteiger partial charge is 0.224 e. The van der Waals surface area contributed by atoms with Crippen LogP contribution in [0.1, 0.15) is 23.6 Å². The molecule has 2 aromatic rings. The highest BCUT2D eigenvalue weighted by atomic mass is 35.5. The van der Waals surface area contributed by atoms with Gasteiger partial charge < -0.3 is 10.1 Å². The van der Waals surface area contributed by atoms with Crippen LogP contribution in [-0.4, -0.2) is 25.7 Å². The molecule has 128 valence electrons. The van der Waals surface area contributed by atoms with E-state index in [1.165, 1.54) is 0 Å². The van der Waals surface area contributed by atoms with E-state index in [9.17, 15) is 4.79 Å². The lowest BCUT2D eigenvalue weighted by molar-refractivity contribution is -0.120. The van der Waals surface area contributed by atoms with E-state index in [2.05, 4.69) is 5.32 Å². The van der Waals surface area contributed by atoms with Gasteiger partial charge in [-0.1, -0.05) is 53.5 Å². The molecule has 1 amide bonds. The van der Waals surface area contributed by atoms with Crippen LogP contribution in [0.2, 0.25) is 10.0 Å². The highest BCUT2D eigenvalue weighted by molar-refractivity contribution is 6.36. The van der Waals surface area contributed by atoms with Crippen LogP contribution in [0.4, 0.5) is 0 Å². The molecule has 2 rings (SSSR count). The van der Waals surface area contributed by atoms with Crippen LogP contribution in [0.25, 0.3) is 0 Å². The highest BCUT2D eigenvalue weighted by Gasteiger charge is 2.11. The third-order valence-electron chi connectivity index (χ3n) is 3.67. The normalized spacial score (nSPS) is 10.6. The summed E-state index contributed by atoms with van der Waals surface area (Å²) in [5.74, 6) is -0.0209. The van der Waals surface area contributed by atoms with Gasteiger partial charge >= 0.3 is 0 Å². The Bertz CT molecular complexity index is 669. The number of halogens is 2. The molecule has 0 atom stereocenters. The maximum Gasteiger partial charge on any atom is 0.224 e. The predicted octanol–water partition coefficient (Wildman–Crippen LogP) is 4.28. The Labute approximate surface area is 152 Å². The van der Waals surface area contributed by atoms with Gasteiger partial charge in [0.2, 0.25) is 5.91 Å². The van der Waals surface area contributed by atoms with E-state index in [1.54, 1.807) is 0 Å². The molecule has 0 heterocycles. The predicted molar refractivity (Wildman–Crippen MR) is 98.9 cm³/mol. The quantitative estimate of drug-likeness (QED) is 0.709. The first kappa shape index (κ1) is 18.8. The minimum atomic E-state index is -0.0209. The monoisotopic (exact) mass is 365 g/mol. The summed E-state index contributed by atoms with van der Waals surface area (Å²) in [6, 6.07) is 13.3. The number of benzene rings is 2. The largest absolute Gasteiger partial charge is 0.380 e. The Morgan fingerprint density at radius 2 is 1.71 bits per heavy atom. The number of nitrogens with one attached hydrogen (secondary N) is 1. The van der Waals surface area contributed by atoms with Gasteiger partial charge in [-0.3, -0.25) is 4.79 Å². The van der Waals surface area contributed by atoms with E-state index >= 15 is 0 Å². The summed E-state index contributed by atoms with van der Waals surface area (Å²) in [6.07, 6.45) is 0.922. The van der Waals surface area contributed by atoms with Gasteiger partial charge in [0, 0.05) is 29.6 Å². The lowest BCUT2D eigenvalue weighted by Crippen LogP contribution is -2.29. The Kier molecular flexibility index (Phi) is 7.57. The van der Waals surface area contributed by atoms with Crippen molar-refractivity contribution in [2.24, 2.45) is 0 Å². The first-order valence-electron chi connectivity index (χ1n) is 7.96. The Morgan fingerprint density at radius 1 is 1.04 bits per heavy atom. The van der Waals surface area contributed by atoms with Crippen molar-refractivity contribution in [3.8, 4) is 0 Å². The number of hydrogen-bond donors (Lipinski definition) is 1. The second kappa shape index (κ2) is 9.67. The fourth-order valence-electron chi connectivity index (χ4n) is 2.44. The summed E-state index contributed by atoms with van der Waals surface area (Å²) in [5.41, 5.74) is 2.90. The van der Waals surface area contributed by atoms with Crippen molar-refractivity contribution in [2.45, 2.75) is 19.8 Å². The van der Waals surface area contributed by atoms with Gasteiger partial charge in [-0.2, -0.15) is 0 Å². The minimum Gasteiger partial charge on any atom is -0.380 e. The fourth-order valence-corrected chi connectivity index (χ4v) is 2.97. The molecule has 1 N–H and O–H groups in total. The average Bonchev–Trinajstić information content (AvgIpc) is 2.56. The third kappa shape index (κ3) is 5.52. The molecule has 0 bridgehead atoms. The molecule has 5 heteroatoms. The van der Waals surface area contributed by atoms with Crippen LogP contribution >= 0.6 is 23.2 Å². The first-order chi connectivity index (χ1) is 11.6. The van der Waals surface area contributed by atoms with Gasteiger partial charge in [0.1, 0.15) is 0 Å². The first-order valence-corrected chi connectivity index (χ1v) is 8.71. The summed E-state index contributed by atoms with van der Waals surface area (Å²) < 4.78 is 5.22. The standard InChI is InChI=1S/C19H21Cl2NO2/c1-2-24-11-10-22-19(23)13-15-7-4-3-6-14(15)12-16-17(20)8-5-9-18(16)21/h3-9H,2,10-13H2,1H3,(H,22,23). The van der Waals surface area contributed by atoms with Crippen LogP contribution < -0.4 is 5.32 Å². The van der Waals surface area contributed by atoms with Crippen LogP contribution in [0.15, 0.2) is 42.5 Å². The number of amides is 1. The van der Waals surface area contributed by atoms with Crippen LogP contribution in [0, 0.1) is 0 Å². The average molecular weight is 366 g/mol. The summed E-state index contributed by atoms with van der Waals surface area (Å²) in [5, 5.41) is 4.14. The maximum atomic E-state index is 12.1. The van der Waals surface area contributed by atoms with Crippen molar-refractivity contribution in [1.29, 1.82) is 0 Å². The molecule has 0 saturated heterocycles. The van der Waals surface area contributed by atoms with Crippen molar-refractivity contribution in [1.82, 2.24) is 5.32 Å². The van der Waals surface area contributed by atoms with Gasteiger partial charge in [0.25, 0.3) is 0 Å². The minimum absolute atomic E-state index is 0.0209. The number of carbonyl (C=O) groups is 1. The van der Waals surface area contributed by atoms with Gasteiger partial charge in [-0.25, -0.2) is 0 Å². The molecule has 0 aromatic heterocycles. The zero-order chi connectivity index (χ0) is 17.4. The van der Waals surface area contributed by atoms with Gasteiger partial charge in [-0.15, -0.1) is 0 Å². The van der Waals surface area contributed by atoms with Crippen molar-refractivity contribution < 1.29 is 9.53 Å². The molecule has 0 fully saturated rings. The molecule has 24 heavy (non-hydrogen) atoms. The Hall–Kier alpha value is -1.55. The molecule has 0 spiro atoms. The molecule has 0 unspecified atom stereocenters. The Balaban J connectivity index is 2.06. The fraction of sp³-hybridized carbons (Fsp3) is 0.316. The lowest BCUT2D eigenvalue weighted by Gasteiger charge is -2.12. The van der Waals surface area contributed by atoms with Gasteiger partial charge in [0.05, 0.1) is 13.0 Å². The molecule has 2 aromatic carbocycles. The van der Waals surface area contributed by atoms with Crippen molar-refractivity contribution in [3.63, 3.8) is 0 Å². The number of hydrogen-bond acceptors (Lipinski definition) is 2. The lowest BCUT2D eigenvalue weighted by atomic mass is 9.97. The zero-order valence-corrected chi connectivity index (χ0v) is 15.2. The zero-order valence-electron chi connectivity index (χ0n) is 13.6. The molecular weight excluding hydrogens is 345 g/mol. The van der Waals surface area contributed by atoms with E-state index < -0.39 is 0 Å². The second-order valence-electron chi connectivity index (χ2n) is 5.37. The molecule has 3 nitrogen and oxygen atoms in total. The topological polar surface area (TPSA) is 38.3 Å². The van der Waals surface area contributed by atoms with Crippen LogP contribution in [0.3, 0.4) is 0 Å². The molecule has 0 aliphatic carbocycles. The van der Waals surface area contributed by atoms with Gasteiger partial charge in [-0.05, 0) is 35.7 Å². The summed E-state index contributed by atoms with van der Waals surface area (Å²) in [7, 11) is 0. The number of ether oxygens (including phenoxy) is 1. The second-order valence-corrected chi connectivity index (χ2v) is 6.18. The molecule has 0 aliphatic heterocycles. The summed E-state index contributed by atoms with van der Waals surface area (Å²) in [6.45, 7) is 3.62. The molecule has 0 saturated carbocycles. The van der Waals surface area contributed by atoms with E-state index in [1.807, 2.05) is 49.4 Å². The maximum absolute atomic E-state index is 12.1. The van der Waals surface area contributed by atoms with E-state index in [-0.39, 0.29) is 5.91 Å². The van der Waals surface area contributed by atoms with E-state index in [0.717, 1.165) is 16.7 Å². The number of carbonyl (C=O) groups excluding carboxylic acids is 1. The van der Waals surface area contributed by atoms with Crippen molar-refractivity contribution in [3.05, 3.63) is 69.2 Å². The summed E-state index contributed by atoms with van der Waals surface area (Å²) in [4.78, 5) is 12.1. The SMILES string of the molecule is CCOCCNC(=O)Cc1ccccc1Cc1c(Cl)cccc1Cl. The van der Waals surface area contributed by atoms with Gasteiger partial charge in [0.15, 0.2) is 0 Å². The van der Waals surface area contributed by atoms with Crippen molar-refractivity contribution >= 4 is 29.1 Å². The van der Waals surface area contributed by atoms with Crippen LogP contribution in [-0.2, 0) is 22.4 Å². The van der Waals surface area contributed by atoms with Crippen molar-refractivity contribution in [2.75, 3.05) is 19.8 Å². The van der Waals surface area contributed by atoms with Crippen LogP contribution in [0.5, 0.6) is 0 Å². The third-order valence-corrected chi connectivity index (χ3v) is 4.38.